The first-order valence-electron chi connectivity index (χ1n) is 8.75. The molecule has 3 aromatic rings. The van der Waals surface area contributed by atoms with E-state index in [1.807, 2.05) is 31.2 Å². The van der Waals surface area contributed by atoms with E-state index in [1.165, 1.54) is 23.3 Å². The van der Waals surface area contributed by atoms with Crippen LogP contribution in [0.3, 0.4) is 0 Å². The zero-order valence-electron chi connectivity index (χ0n) is 15.2. The normalized spacial score (nSPS) is 15.7. The zero-order valence-corrected chi connectivity index (χ0v) is 16.1. The third-order valence-corrected chi connectivity index (χ3v) is 4.67. The number of benzene rings is 2. The van der Waals surface area contributed by atoms with Crippen LogP contribution in [-0.2, 0) is 0 Å². The van der Waals surface area contributed by atoms with Gasteiger partial charge in [0.25, 0.3) is 5.91 Å². The molecule has 1 aliphatic rings. The Bertz CT molecular complexity index is 989. The Morgan fingerprint density at radius 1 is 1.07 bits per heavy atom. The predicted octanol–water partition coefficient (Wildman–Crippen LogP) is 4.94. The smallest absolute Gasteiger partial charge is 0.267 e. The van der Waals surface area contributed by atoms with Crippen molar-refractivity contribution in [3.8, 4) is 0 Å². The van der Waals surface area contributed by atoms with Crippen LogP contribution < -0.4 is 0 Å². The summed E-state index contributed by atoms with van der Waals surface area (Å²) in [7, 11) is 0. The van der Waals surface area contributed by atoms with Gasteiger partial charge >= 0.3 is 0 Å². The van der Waals surface area contributed by atoms with Crippen molar-refractivity contribution in [3.05, 3.63) is 101 Å². The second-order valence-corrected chi connectivity index (χ2v) is 6.58. The fourth-order valence-electron chi connectivity index (χ4n) is 3.18. The molecule has 2 heterocycles. The third kappa shape index (κ3) is 3.94. The molecule has 1 aromatic heterocycles. The van der Waals surface area contributed by atoms with Gasteiger partial charge in [-0.1, -0.05) is 42.0 Å². The molecule has 0 fully saturated rings. The molecule has 1 atom stereocenters. The molecule has 28 heavy (non-hydrogen) atoms. The molecule has 0 spiro atoms. The average Bonchev–Trinajstić information content (AvgIpc) is 3.14. The van der Waals surface area contributed by atoms with Crippen molar-refractivity contribution in [3.63, 3.8) is 0 Å². The Kier molecular flexibility index (Phi) is 5.85. The van der Waals surface area contributed by atoms with Crippen molar-refractivity contribution < 1.29 is 9.18 Å². The van der Waals surface area contributed by atoms with Gasteiger partial charge in [0.2, 0.25) is 0 Å². The average molecular weight is 396 g/mol. The van der Waals surface area contributed by atoms with Crippen LogP contribution in [0.5, 0.6) is 0 Å². The Balaban J connectivity index is 0.00000225. The maximum Gasteiger partial charge on any atom is 0.276 e. The number of hydrazone groups is 1. The molecule has 0 aliphatic carbocycles. The van der Waals surface area contributed by atoms with Crippen molar-refractivity contribution in [1.82, 2.24) is 9.99 Å². The molecule has 0 saturated carbocycles. The molecule has 6 heteroatoms. The molecule has 1 unspecified atom stereocenters. The van der Waals surface area contributed by atoms with Gasteiger partial charge in [-0.15, -0.1) is 12.4 Å². The number of rotatable bonds is 3. The number of halogens is 2. The molecular weight excluding hydrogens is 377 g/mol. The third-order valence-electron chi connectivity index (χ3n) is 4.67. The lowest BCUT2D eigenvalue weighted by molar-refractivity contribution is 0.0710. The maximum absolute atomic E-state index is 13.4. The highest BCUT2D eigenvalue weighted by atomic mass is 35.5. The van der Waals surface area contributed by atoms with Gasteiger partial charge in [0.1, 0.15) is 5.82 Å². The number of nitrogens with zero attached hydrogens (tertiary/aromatic N) is 3. The molecule has 142 valence electrons. The van der Waals surface area contributed by atoms with E-state index >= 15 is 0 Å². The van der Waals surface area contributed by atoms with Crippen LogP contribution in [0.1, 0.15) is 39.5 Å². The minimum Gasteiger partial charge on any atom is -0.267 e. The van der Waals surface area contributed by atoms with Crippen LogP contribution in [0.15, 0.2) is 78.2 Å². The van der Waals surface area contributed by atoms with Crippen molar-refractivity contribution in [1.29, 1.82) is 0 Å². The van der Waals surface area contributed by atoms with Crippen LogP contribution in [0, 0.1) is 12.7 Å². The van der Waals surface area contributed by atoms with Crippen LogP contribution in [0.2, 0.25) is 0 Å². The largest absolute Gasteiger partial charge is 0.276 e. The summed E-state index contributed by atoms with van der Waals surface area (Å²) in [5, 5.41) is 6.11. The molecule has 1 aliphatic heterocycles. The Labute approximate surface area is 169 Å². The molecule has 0 radical (unpaired) electrons. The lowest BCUT2D eigenvalue weighted by Crippen LogP contribution is -2.27. The van der Waals surface area contributed by atoms with Crippen molar-refractivity contribution in [2.45, 2.75) is 19.4 Å². The zero-order chi connectivity index (χ0) is 18.8. The second-order valence-electron chi connectivity index (χ2n) is 6.58. The van der Waals surface area contributed by atoms with Crippen molar-refractivity contribution in [2.75, 3.05) is 0 Å². The number of carbonyl (C=O) groups excluding carboxylic acids is 1. The van der Waals surface area contributed by atoms with E-state index in [-0.39, 0.29) is 30.2 Å². The first-order valence-corrected chi connectivity index (χ1v) is 8.75. The topological polar surface area (TPSA) is 45.6 Å². The van der Waals surface area contributed by atoms with Crippen LogP contribution in [0.25, 0.3) is 0 Å². The van der Waals surface area contributed by atoms with E-state index in [4.69, 9.17) is 0 Å². The quantitative estimate of drug-likeness (QED) is 0.630. The highest BCUT2D eigenvalue weighted by Gasteiger charge is 2.33. The minimum absolute atomic E-state index is 0. The van der Waals surface area contributed by atoms with E-state index in [9.17, 15) is 9.18 Å². The molecule has 0 bridgehead atoms. The SMILES string of the molecule is Cc1ccc(C2=NN(C(=O)c3cccnc3)C(c3ccc(F)cc3)C2)cc1.Cl. The van der Waals surface area contributed by atoms with E-state index in [1.54, 1.807) is 30.5 Å². The maximum atomic E-state index is 13.4. The second kappa shape index (κ2) is 8.31. The number of amides is 1. The summed E-state index contributed by atoms with van der Waals surface area (Å²) < 4.78 is 13.4. The Hall–Kier alpha value is -3.05. The van der Waals surface area contributed by atoms with Gasteiger partial charge in [0.05, 0.1) is 17.3 Å². The lowest BCUT2D eigenvalue weighted by Gasteiger charge is -2.22. The highest BCUT2D eigenvalue weighted by Crippen LogP contribution is 2.34. The van der Waals surface area contributed by atoms with E-state index in [0.29, 0.717) is 12.0 Å². The highest BCUT2D eigenvalue weighted by molar-refractivity contribution is 6.05. The van der Waals surface area contributed by atoms with Gasteiger partial charge in [-0.3, -0.25) is 9.78 Å². The van der Waals surface area contributed by atoms with E-state index in [0.717, 1.165) is 22.4 Å². The number of aryl methyl sites for hydroxylation is 1. The minimum atomic E-state index is -0.304. The number of carbonyl (C=O) groups is 1. The van der Waals surface area contributed by atoms with Gasteiger partial charge in [-0.2, -0.15) is 5.10 Å². The number of hydrogen-bond acceptors (Lipinski definition) is 3. The molecule has 4 rings (SSSR count). The molecular formula is C22H19ClFN3O. The number of pyridine rings is 1. The summed E-state index contributed by atoms with van der Waals surface area (Å²) >= 11 is 0. The van der Waals surface area contributed by atoms with E-state index in [2.05, 4.69) is 10.1 Å². The monoisotopic (exact) mass is 395 g/mol. The summed E-state index contributed by atoms with van der Waals surface area (Å²) in [6.45, 7) is 2.03. The fraction of sp³-hybridized carbons (Fsp3) is 0.136. The van der Waals surface area contributed by atoms with Crippen LogP contribution >= 0.6 is 12.4 Å². The summed E-state index contributed by atoms with van der Waals surface area (Å²) in [5.41, 5.74) is 4.30. The molecule has 2 aromatic carbocycles. The van der Waals surface area contributed by atoms with Gasteiger partial charge in [0.15, 0.2) is 0 Å². The Morgan fingerprint density at radius 3 is 2.43 bits per heavy atom. The lowest BCUT2D eigenvalue weighted by atomic mass is 9.97. The van der Waals surface area contributed by atoms with Gasteiger partial charge in [-0.05, 0) is 42.3 Å². The van der Waals surface area contributed by atoms with Crippen molar-refractivity contribution in [2.24, 2.45) is 5.10 Å². The van der Waals surface area contributed by atoms with Crippen LogP contribution in [0.4, 0.5) is 4.39 Å². The van der Waals surface area contributed by atoms with E-state index < -0.39 is 0 Å². The number of aromatic nitrogens is 1. The van der Waals surface area contributed by atoms with Gasteiger partial charge in [0, 0.05) is 18.8 Å². The van der Waals surface area contributed by atoms with Crippen LogP contribution in [-0.4, -0.2) is 21.6 Å². The van der Waals surface area contributed by atoms with Gasteiger partial charge in [-0.25, -0.2) is 9.40 Å². The molecule has 1 amide bonds. The predicted molar refractivity (Wildman–Crippen MR) is 109 cm³/mol. The van der Waals surface area contributed by atoms with Crippen molar-refractivity contribution >= 4 is 24.0 Å². The Morgan fingerprint density at radius 2 is 1.79 bits per heavy atom. The summed E-state index contributed by atoms with van der Waals surface area (Å²) in [6, 6.07) is 17.5. The summed E-state index contributed by atoms with van der Waals surface area (Å²) in [6.07, 6.45) is 3.73. The molecule has 4 nitrogen and oxygen atoms in total. The summed E-state index contributed by atoms with van der Waals surface area (Å²) in [5.74, 6) is -0.527. The molecule has 0 saturated heterocycles. The first kappa shape index (κ1) is 19.7. The van der Waals surface area contributed by atoms with Gasteiger partial charge < -0.3 is 0 Å². The number of hydrogen-bond donors (Lipinski definition) is 0. The summed E-state index contributed by atoms with van der Waals surface area (Å²) in [4.78, 5) is 17.1. The molecule has 0 N–H and O–H groups in total. The standard InChI is InChI=1S/C22H18FN3O.ClH/c1-15-4-6-16(7-5-15)20-13-21(17-8-10-19(23)11-9-17)26(25-20)22(27)18-3-2-12-24-14-18;/h2-12,14,21H,13H2,1H3;1H. The fourth-order valence-corrected chi connectivity index (χ4v) is 3.18. The first-order chi connectivity index (χ1) is 13.1.